The van der Waals surface area contributed by atoms with Gasteiger partial charge in [-0.25, -0.2) is 0 Å². The van der Waals surface area contributed by atoms with E-state index in [0.717, 1.165) is 36.4 Å². The largest absolute Gasteiger partial charge is 0.417 e. The van der Waals surface area contributed by atoms with Crippen LogP contribution in [-0.2, 0) is 12.4 Å². The van der Waals surface area contributed by atoms with Crippen molar-refractivity contribution in [3.8, 4) is 11.1 Å². The minimum atomic E-state index is -4.65. The smallest absolute Gasteiger partial charge is 0.166 e. The van der Waals surface area contributed by atoms with E-state index in [1.165, 1.54) is 6.07 Å². The molecule has 0 amide bonds. The van der Waals surface area contributed by atoms with Crippen LogP contribution in [0.25, 0.3) is 11.1 Å². The fourth-order valence-corrected chi connectivity index (χ4v) is 2.01. The van der Waals surface area contributed by atoms with Gasteiger partial charge < -0.3 is 0 Å². The summed E-state index contributed by atoms with van der Waals surface area (Å²) in [5.74, 6) is 0. The summed E-state index contributed by atoms with van der Waals surface area (Å²) in [6.45, 7) is 0. The van der Waals surface area contributed by atoms with Crippen molar-refractivity contribution in [1.82, 2.24) is 0 Å². The summed E-state index contributed by atoms with van der Waals surface area (Å²) in [5, 5.41) is -0.0991. The van der Waals surface area contributed by atoms with Crippen LogP contribution in [0, 0.1) is 0 Å². The second kappa shape index (κ2) is 5.26. The highest BCUT2D eigenvalue weighted by Gasteiger charge is 2.34. The molecule has 0 saturated carbocycles. The molecule has 0 unspecified atom stereocenters. The molecule has 0 saturated heterocycles. The Hall–Kier alpha value is -1.69. The van der Waals surface area contributed by atoms with E-state index in [9.17, 15) is 26.3 Å². The maximum Gasteiger partial charge on any atom is 0.417 e. The summed E-state index contributed by atoms with van der Waals surface area (Å²) in [5.41, 5.74) is -2.10. The number of alkyl halides is 6. The van der Waals surface area contributed by atoms with Gasteiger partial charge in [0.15, 0.2) is 0 Å². The molecule has 2 rings (SSSR count). The zero-order valence-corrected chi connectivity index (χ0v) is 10.9. The molecule has 0 atom stereocenters. The van der Waals surface area contributed by atoms with Gasteiger partial charge in [-0.15, -0.1) is 0 Å². The van der Waals surface area contributed by atoms with E-state index < -0.39 is 23.5 Å². The summed E-state index contributed by atoms with van der Waals surface area (Å²) in [4.78, 5) is 0. The minimum Gasteiger partial charge on any atom is -0.166 e. The van der Waals surface area contributed by atoms with Crippen LogP contribution in [0.4, 0.5) is 26.3 Å². The molecule has 21 heavy (non-hydrogen) atoms. The number of rotatable bonds is 1. The Morgan fingerprint density at radius 3 is 1.76 bits per heavy atom. The van der Waals surface area contributed by atoms with Crippen molar-refractivity contribution >= 4 is 11.6 Å². The van der Waals surface area contributed by atoms with Crippen LogP contribution in [-0.4, -0.2) is 0 Å². The van der Waals surface area contributed by atoms with Crippen molar-refractivity contribution in [3.63, 3.8) is 0 Å². The van der Waals surface area contributed by atoms with Crippen molar-refractivity contribution in [1.29, 1.82) is 0 Å². The van der Waals surface area contributed by atoms with E-state index in [1.807, 2.05) is 0 Å². The van der Waals surface area contributed by atoms with Gasteiger partial charge in [0.25, 0.3) is 0 Å². The number of hydrogen-bond donors (Lipinski definition) is 0. The van der Waals surface area contributed by atoms with E-state index in [2.05, 4.69) is 0 Å². The molecule has 0 bridgehead atoms. The highest BCUT2D eigenvalue weighted by molar-refractivity contribution is 6.30. The Morgan fingerprint density at radius 1 is 0.714 bits per heavy atom. The maximum atomic E-state index is 12.9. The van der Waals surface area contributed by atoms with Gasteiger partial charge in [-0.1, -0.05) is 29.8 Å². The Labute approximate surface area is 121 Å². The second-order valence-corrected chi connectivity index (χ2v) is 4.70. The van der Waals surface area contributed by atoms with Crippen LogP contribution in [0.5, 0.6) is 0 Å². The van der Waals surface area contributed by atoms with Crippen molar-refractivity contribution in [2.75, 3.05) is 0 Å². The second-order valence-electron chi connectivity index (χ2n) is 4.26. The fourth-order valence-electron chi connectivity index (χ4n) is 1.84. The van der Waals surface area contributed by atoms with Gasteiger partial charge in [0.05, 0.1) is 11.1 Å². The Kier molecular flexibility index (Phi) is 3.93. The molecule has 0 spiro atoms. The molecule has 0 aromatic heterocycles. The van der Waals surface area contributed by atoms with Gasteiger partial charge in [-0.2, -0.15) is 26.3 Å². The van der Waals surface area contributed by atoms with Crippen LogP contribution >= 0.6 is 11.6 Å². The van der Waals surface area contributed by atoms with Crippen LogP contribution < -0.4 is 0 Å². The van der Waals surface area contributed by atoms with Crippen molar-refractivity contribution in [2.24, 2.45) is 0 Å². The average Bonchev–Trinajstić information content (AvgIpc) is 2.37. The van der Waals surface area contributed by atoms with Gasteiger partial charge in [0.2, 0.25) is 0 Å². The van der Waals surface area contributed by atoms with Crippen LogP contribution in [0.15, 0.2) is 42.5 Å². The predicted octanol–water partition coefficient (Wildman–Crippen LogP) is 6.04. The molecule has 2 aromatic rings. The molecule has 0 aliphatic rings. The SMILES string of the molecule is FC(F)(F)c1ccc(-c2ccc(Cl)cc2C(F)(F)F)cc1. The first-order valence-electron chi connectivity index (χ1n) is 5.63. The lowest BCUT2D eigenvalue weighted by molar-refractivity contribution is -0.138. The van der Waals surface area contributed by atoms with Gasteiger partial charge in [-0.3, -0.25) is 0 Å². The summed E-state index contributed by atoms with van der Waals surface area (Å²) < 4.78 is 76.2. The molecule has 112 valence electrons. The number of benzene rings is 2. The molecule has 0 heterocycles. The summed E-state index contributed by atoms with van der Waals surface area (Å²) in [6, 6.07) is 6.61. The lowest BCUT2D eigenvalue weighted by Crippen LogP contribution is -2.07. The summed E-state index contributed by atoms with van der Waals surface area (Å²) in [6.07, 6.45) is -9.19. The maximum absolute atomic E-state index is 12.9. The van der Waals surface area contributed by atoms with Crippen LogP contribution in [0.3, 0.4) is 0 Å². The molecular weight excluding hydrogens is 318 g/mol. The highest BCUT2D eigenvalue weighted by atomic mass is 35.5. The molecule has 0 aliphatic carbocycles. The van der Waals surface area contributed by atoms with E-state index in [-0.39, 0.29) is 16.1 Å². The zero-order valence-electron chi connectivity index (χ0n) is 10.2. The molecular formula is C14H7ClF6. The molecule has 2 aromatic carbocycles. The lowest BCUT2D eigenvalue weighted by atomic mass is 9.98. The normalized spacial score (nSPS) is 12.5. The molecule has 0 radical (unpaired) electrons. The lowest BCUT2D eigenvalue weighted by Gasteiger charge is -2.14. The first-order chi connectivity index (χ1) is 9.59. The first-order valence-corrected chi connectivity index (χ1v) is 6.01. The monoisotopic (exact) mass is 324 g/mol. The van der Waals surface area contributed by atoms with Crippen molar-refractivity contribution in [2.45, 2.75) is 12.4 Å². The van der Waals surface area contributed by atoms with E-state index in [0.29, 0.717) is 0 Å². The number of halogens is 7. The van der Waals surface area contributed by atoms with Crippen molar-refractivity contribution in [3.05, 3.63) is 58.6 Å². The first kappa shape index (κ1) is 15.7. The summed E-state index contributed by atoms with van der Waals surface area (Å²) in [7, 11) is 0. The predicted molar refractivity (Wildman–Crippen MR) is 66.9 cm³/mol. The minimum absolute atomic E-state index is 0.0343. The van der Waals surface area contributed by atoms with Crippen LogP contribution in [0.1, 0.15) is 11.1 Å². The quantitative estimate of drug-likeness (QED) is 0.561. The van der Waals surface area contributed by atoms with Gasteiger partial charge >= 0.3 is 12.4 Å². The Balaban J connectivity index is 2.52. The number of hydrogen-bond acceptors (Lipinski definition) is 0. The van der Waals surface area contributed by atoms with Crippen LogP contribution in [0.2, 0.25) is 5.02 Å². The highest BCUT2D eigenvalue weighted by Crippen LogP contribution is 2.39. The summed E-state index contributed by atoms with van der Waals surface area (Å²) >= 11 is 5.55. The van der Waals surface area contributed by atoms with Gasteiger partial charge in [-0.05, 0) is 35.4 Å². The topological polar surface area (TPSA) is 0 Å². The molecule has 0 aliphatic heterocycles. The van der Waals surface area contributed by atoms with E-state index >= 15 is 0 Å². The third kappa shape index (κ3) is 3.50. The zero-order chi connectivity index (χ0) is 15.8. The molecule has 0 nitrogen and oxygen atoms in total. The van der Waals surface area contributed by atoms with E-state index in [1.54, 1.807) is 0 Å². The van der Waals surface area contributed by atoms with E-state index in [4.69, 9.17) is 11.6 Å². The van der Waals surface area contributed by atoms with Gasteiger partial charge in [0, 0.05) is 5.02 Å². The standard InChI is InChI=1S/C14H7ClF6/c15-10-5-6-11(12(7-10)14(19,20)21)8-1-3-9(4-2-8)13(16,17)18/h1-7H. The average molecular weight is 325 g/mol. The Morgan fingerprint density at radius 2 is 1.29 bits per heavy atom. The Bertz CT molecular complexity index is 640. The fraction of sp³-hybridized carbons (Fsp3) is 0.143. The third-order valence-corrected chi connectivity index (χ3v) is 3.05. The molecule has 0 N–H and O–H groups in total. The molecule has 7 heteroatoms. The van der Waals surface area contributed by atoms with Gasteiger partial charge in [0.1, 0.15) is 0 Å². The third-order valence-electron chi connectivity index (χ3n) is 2.81. The molecule has 0 fully saturated rings. The van der Waals surface area contributed by atoms with Crippen molar-refractivity contribution < 1.29 is 26.3 Å².